The summed E-state index contributed by atoms with van der Waals surface area (Å²) in [6.07, 6.45) is 1.93. The maximum absolute atomic E-state index is 13.1. The summed E-state index contributed by atoms with van der Waals surface area (Å²) in [5, 5.41) is 33.1. The largest absolute Gasteiger partial charge is 0.489 e. The van der Waals surface area contributed by atoms with Crippen LogP contribution in [0.5, 0.6) is 23.0 Å². The first-order valence-electron chi connectivity index (χ1n) is 30.3. The van der Waals surface area contributed by atoms with Gasteiger partial charge in [0.15, 0.2) is 0 Å². The smallest absolute Gasteiger partial charge is 0.313 e. The maximum Gasteiger partial charge on any atom is 0.313 e. The van der Waals surface area contributed by atoms with Gasteiger partial charge in [-0.1, -0.05) is 138 Å². The minimum absolute atomic E-state index is 0.127. The van der Waals surface area contributed by atoms with E-state index >= 15 is 0 Å². The molecular formula is C72H71Cl2FN4O14. The van der Waals surface area contributed by atoms with Crippen molar-refractivity contribution in [2.75, 3.05) is 13.2 Å². The van der Waals surface area contributed by atoms with E-state index in [4.69, 9.17) is 62.5 Å². The number of hydrogen-bond acceptors (Lipinski definition) is 14. The van der Waals surface area contributed by atoms with Crippen molar-refractivity contribution in [1.82, 2.24) is 21.8 Å². The average Bonchev–Trinajstić information content (AvgIpc) is 1.59. The highest BCUT2D eigenvalue weighted by atomic mass is 35.5. The molecule has 0 aromatic heterocycles. The minimum atomic E-state index is -0.953. The van der Waals surface area contributed by atoms with Crippen molar-refractivity contribution in [1.29, 1.82) is 0 Å². The third-order valence-corrected chi connectivity index (χ3v) is 17.3. The molecule has 18 nitrogen and oxygen atoms in total. The lowest BCUT2D eigenvalue weighted by Crippen LogP contribution is -2.37. The van der Waals surface area contributed by atoms with Crippen LogP contribution in [-0.4, -0.2) is 64.4 Å². The molecule has 93 heavy (non-hydrogen) atoms. The molecule has 3 aliphatic carbocycles. The summed E-state index contributed by atoms with van der Waals surface area (Å²) >= 11 is 11.9. The van der Waals surface area contributed by atoms with Gasteiger partial charge in [0, 0.05) is 16.6 Å². The number of halogens is 3. The van der Waals surface area contributed by atoms with Crippen LogP contribution in [-0.2, 0) is 70.7 Å². The van der Waals surface area contributed by atoms with Gasteiger partial charge in [0.05, 0.1) is 47.2 Å². The lowest BCUT2D eigenvalue weighted by atomic mass is 9.92. The Labute approximate surface area is 547 Å². The van der Waals surface area contributed by atoms with Crippen molar-refractivity contribution in [3.63, 3.8) is 0 Å². The van der Waals surface area contributed by atoms with Crippen molar-refractivity contribution >= 4 is 69.5 Å². The number of benzene rings is 8. The molecule has 11 rings (SSSR count). The lowest BCUT2D eigenvalue weighted by Gasteiger charge is -2.18. The highest BCUT2D eigenvalue weighted by molar-refractivity contribution is 6.34. The highest BCUT2D eigenvalue weighted by Crippen LogP contribution is 2.58. The molecule has 0 heterocycles. The Morgan fingerprint density at radius 2 is 0.957 bits per heavy atom. The van der Waals surface area contributed by atoms with E-state index in [0.29, 0.717) is 72.4 Å². The second kappa shape index (κ2) is 30.8. The maximum atomic E-state index is 13.1. The van der Waals surface area contributed by atoms with Gasteiger partial charge in [-0.05, 0) is 176 Å². The third kappa shape index (κ3) is 17.2. The zero-order valence-corrected chi connectivity index (χ0v) is 52.8. The number of ether oxygens (including phenoxy) is 5. The Morgan fingerprint density at radius 3 is 1.47 bits per heavy atom. The first kappa shape index (κ1) is 68.0. The van der Waals surface area contributed by atoms with E-state index in [9.17, 15) is 33.2 Å². The fourth-order valence-corrected chi connectivity index (χ4v) is 12.1. The Hall–Kier alpha value is -9.37. The normalized spacial score (nSPS) is 19.9. The van der Waals surface area contributed by atoms with Gasteiger partial charge in [-0.15, -0.1) is 0 Å². The van der Waals surface area contributed by atoms with Gasteiger partial charge < -0.3 is 29.0 Å². The molecule has 0 saturated heterocycles. The summed E-state index contributed by atoms with van der Waals surface area (Å²) < 4.78 is 41.1. The van der Waals surface area contributed by atoms with E-state index < -0.39 is 63.7 Å². The molecule has 0 radical (unpaired) electrons. The fourth-order valence-electron chi connectivity index (χ4n) is 11.6. The van der Waals surface area contributed by atoms with Crippen LogP contribution in [0.25, 0.3) is 10.8 Å². The first-order chi connectivity index (χ1) is 44.8. The zero-order valence-electron chi connectivity index (χ0n) is 51.2. The van der Waals surface area contributed by atoms with Crippen molar-refractivity contribution in [3.8, 4) is 23.0 Å². The SMILES string of the molecule is CCOC(=O)[C@@]1(Cc2ccc(OC(C)c3ccc4ccccc4c3)cc2)C[C@@H]1C(=O)NO.CCOC(=O)[C@@]1(Cc2ccc(Oc3cc(Cl)cc(Cl)c3)cc2)C[C@@H]1C(=O)NO.O=C(NO)[C@H]1C[C@]1(Cc1ccc(OCc2ccccc2)cc1)C(=O)NCc1ccc(F)cc1. The number of rotatable bonds is 24. The van der Waals surface area contributed by atoms with E-state index in [1.807, 2.05) is 110 Å². The highest BCUT2D eigenvalue weighted by Gasteiger charge is 2.66. The molecule has 1 unspecified atom stereocenters. The van der Waals surface area contributed by atoms with E-state index in [1.165, 1.54) is 22.9 Å². The van der Waals surface area contributed by atoms with Gasteiger partial charge in [0.1, 0.15) is 41.5 Å². The predicted molar refractivity (Wildman–Crippen MR) is 344 cm³/mol. The number of esters is 2. The average molecular weight is 1310 g/mol. The molecule has 0 spiro atoms. The van der Waals surface area contributed by atoms with E-state index in [1.54, 1.807) is 72.8 Å². The van der Waals surface area contributed by atoms with Crippen LogP contribution >= 0.6 is 23.2 Å². The van der Waals surface area contributed by atoms with E-state index in [-0.39, 0.29) is 37.6 Å². The van der Waals surface area contributed by atoms with Gasteiger partial charge in [0.25, 0.3) is 0 Å². The van der Waals surface area contributed by atoms with Gasteiger partial charge in [-0.3, -0.25) is 44.4 Å². The summed E-state index contributed by atoms with van der Waals surface area (Å²) in [5.74, 6) is -2.47. The number of hydrogen-bond donors (Lipinski definition) is 7. The van der Waals surface area contributed by atoms with Crippen LogP contribution in [0.1, 0.15) is 79.5 Å². The van der Waals surface area contributed by atoms with Crippen molar-refractivity contribution in [2.45, 2.75) is 78.6 Å². The molecule has 8 aromatic rings. The second-order valence-electron chi connectivity index (χ2n) is 23.2. The third-order valence-electron chi connectivity index (χ3n) is 16.9. The molecule has 3 saturated carbocycles. The predicted octanol–water partition coefficient (Wildman–Crippen LogP) is 12.8. The Balaban J connectivity index is 0.000000165. The summed E-state index contributed by atoms with van der Waals surface area (Å²) in [5.41, 5.74) is 7.65. The molecule has 0 aliphatic heterocycles. The van der Waals surface area contributed by atoms with Gasteiger partial charge in [-0.2, -0.15) is 0 Å². The quantitative estimate of drug-likeness (QED) is 0.0169. The summed E-state index contributed by atoms with van der Waals surface area (Å²) in [6.45, 7) is 6.60. The lowest BCUT2D eigenvalue weighted by molar-refractivity contribution is -0.152. The van der Waals surface area contributed by atoms with Crippen molar-refractivity contribution in [3.05, 3.63) is 237 Å². The van der Waals surface area contributed by atoms with E-state index in [0.717, 1.165) is 39.1 Å². The van der Waals surface area contributed by atoms with Crippen LogP contribution < -0.4 is 36.0 Å². The molecule has 21 heteroatoms. The molecule has 7 atom stereocenters. The summed E-state index contributed by atoms with van der Waals surface area (Å²) in [6, 6.07) is 57.2. The topological polar surface area (TPSA) is 257 Å². The monoisotopic (exact) mass is 1300 g/mol. The molecule has 484 valence electrons. The number of carbonyl (C=O) groups is 6. The van der Waals surface area contributed by atoms with Gasteiger partial charge in [0.2, 0.25) is 23.6 Å². The Bertz CT molecular complexity index is 3900. The van der Waals surface area contributed by atoms with E-state index in [2.05, 4.69) is 35.6 Å². The molecular weight excluding hydrogens is 1230 g/mol. The number of hydroxylamine groups is 3. The minimum Gasteiger partial charge on any atom is -0.489 e. The van der Waals surface area contributed by atoms with Crippen LogP contribution in [0.3, 0.4) is 0 Å². The molecule has 0 bridgehead atoms. The molecule has 8 aromatic carbocycles. The number of amides is 4. The van der Waals surface area contributed by atoms with Crippen LogP contribution in [0.4, 0.5) is 4.39 Å². The number of nitrogens with one attached hydrogen (secondary N) is 4. The zero-order chi connectivity index (χ0) is 66.3. The Kier molecular flexibility index (Phi) is 22.5. The molecule has 3 aliphatic rings. The van der Waals surface area contributed by atoms with Crippen molar-refractivity contribution in [2.24, 2.45) is 34.0 Å². The molecule has 7 N–H and O–H groups in total. The summed E-state index contributed by atoms with van der Waals surface area (Å²) in [7, 11) is 0. The fraction of sp³-hybridized carbons (Fsp3) is 0.278. The van der Waals surface area contributed by atoms with Crippen LogP contribution in [0.15, 0.2) is 188 Å². The van der Waals surface area contributed by atoms with Gasteiger partial charge in [-0.25, -0.2) is 20.8 Å². The van der Waals surface area contributed by atoms with Crippen molar-refractivity contribution < 1.29 is 72.5 Å². The Morgan fingerprint density at radius 1 is 0.505 bits per heavy atom. The van der Waals surface area contributed by atoms with Crippen LogP contribution in [0.2, 0.25) is 10.0 Å². The second-order valence-corrected chi connectivity index (χ2v) is 24.1. The molecule has 4 amide bonds. The van der Waals surface area contributed by atoms with Crippen LogP contribution in [0, 0.1) is 39.8 Å². The number of fused-ring (bicyclic) bond motifs is 1. The molecule has 3 fully saturated rings. The summed E-state index contributed by atoms with van der Waals surface area (Å²) in [4.78, 5) is 73.7. The number of carbonyl (C=O) groups excluding carboxylic acids is 6. The first-order valence-corrected chi connectivity index (χ1v) is 31.0. The van der Waals surface area contributed by atoms with Gasteiger partial charge >= 0.3 is 11.9 Å². The standard InChI is InChI=1S/C26H25FN2O4.C26H27NO5.C20H19Cl2NO5/c27-21-10-6-19(7-11-21)16-28-25(31)26(15-23(26)24(30)29-32)14-18-8-12-22(13-9-18)33-17-20-4-2-1-3-5-20;1-3-31-25(29)26(16-23(26)24(28)27-30)15-18-8-12-22(13-9-18)32-17(2)20-11-10-19-6-4-5-7-21(19)14-20;1-2-27-19(25)20(11-17(20)18(24)23-26)10-12-3-5-15(6-4-12)28-16-8-13(21)7-14(22)9-16/h1-13,23,32H,14-17H2,(H,28,31)(H,29,30);4-14,17,23,30H,3,15-16H2,1-2H3,(H,27,28);3-9,17,26H,2,10-11H2,1H3,(H,23,24)/t23-,26+;17?,23-,26+;17-,20+/m111/s1.